The van der Waals surface area contributed by atoms with Gasteiger partial charge < -0.3 is 21.3 Å². The van der Waals surface area contributed by atoms with Gasteiger partial charge >= 0.3 is 0 Å². The molecule has 6 rings (SSSR count). The van der Waals surface area contributed by atoms with Gasteiger partial charge in [0.25, 0.3) is 11.8 Å². The van der Waals surface area contributed by atoms with E-state index < -0.39 is 0 Å². The van der Waals surface area contributed by atoms with Crippen LogP contribution in [0.25, 0.3) is 11.1 Å². The van der Waals surface area contributed by atoms with Crippen LogP contribution in [0, 0.1) is 0 Å². The second-order valence-corrected chi connectivity index (χ2v) is 9.53. The molecule has 0 saturated heterocycles. The van der Waals surface area contributed by atoms with Crippen molar-refractivity contribution in [2.75, 3.05) is 36.8 Å². The molecule has 0 saturated carbocycles. The van der Waals surface area contributed by atoms with Crippen LogP contribution in [-0.4, -0.2) is 49.7 Å². The van der Waals surface area contributed by atoms with Crippen LogP contribution in [0.3, 0.4) is 0 Å². The molecular weight excluding hydrogens is 536 g/mol. The van der Waals surface area contributed by atoms with E-state index in [1.807, 2.05) is 72.8 Å². The minimum atomic E-state index is -0.178. The lowest BCUT2D eigenvalue weighted by atomic mass is 10.0. The standard InChI is InChI=1S/C32H28N6O2.ClH/c39-31(37-27-13-9-23(10-14-27)29-33-17-18-34-29)25-5-1-21(2-6-25)22-3-7-26(8-4-22)32(40)38-28-15-11-24(12-16-28)30-35-19-20-36-30;/h1-16H,17-20H2,(H,33,34)(H,35,36)(H,37,39)(H,38,40);1H. The summed E-state index contributed by atoms with van der Waals surface area (Å²) in [7, 11) is 0. The van der Waals surface area contributed by atoms with Gasteiger partial charge in [-0.1, -0.05) is 24.3 Å². The number of carbonyl (C=O) groups excluding carboxylic acids is 2. The first-order chi connectivity index (χ1) is 19.6. The molecule has 0 aromatic heterocycles. The molecule has 0 bridgehead atoms. The second kappa shape index (κ2) is 12.5. The quantitative estimate of drug-likeness (QED) is 0.254. The van der Waals surface area contributed by atoms with Crippen molar-refractivity contribution >= 4 is 47.3 Å². The average Bonchev–Trinajstić information content (AvgIpc) is 3.74. The lowest BCUT2D eigenvalue weighted by Gasteiger charge is -2.09. The molecule has 4 aromatic carbocycles. The maximum absolute atomic E-state index is 12.8. The third-order valence-electron chi connectivity index (χ3n) is 6.81. The number of benzene rings is 4. The van der Waals surface area contributed by atoms with E-state index in [9.17, 15) is 9.59 Å². The molecule has 0 atom stereocenters. The molecule has 0 aliphatic carbocycles. The Labute approximate surface area is 244 Å². The lowest BCUT2D eigenvalue weighted by Crippen LogP contribution is -2.19. The number of halogens is 1. The molecule has 2 amide bonds. The van der Waals surface area contributed by atoms with Gasteiger partial charge in [0.2, 0.25) is 0 Å². The Balaban J connectivity index is 0.00000337. The molecule has 9 heteroatoms. The van der Waals surface area contributed by atoms with Gasteiger partial charge in [-0.25, -0.2) is 0 Å². The summed E-state index contributed by atoms with van der Waals surface area (Å²) in [5, 5.41) is 12.4. The maximum Gasteiger partial charge on any atom is 0.255 e. The summed E-state index contributed by atoms with van der Waals surface area (Å²) in [4.78, 5) is 34.3. The van der Waals surface area contributed by atoms with Crippen molar-refractivity contribution in [3.05, 3.63) is 119 Å². The molecule has 41 heavy (non-hydrogen) atoms. The fourth-order valence-electron chi connectivity index (χ4n) is 4.64. The van der Waals surface area contributed by atoms with E-state index in [1.54, 1.807) is 24.3 Å². The van der Waals surface area contributed by atoms with E-state index in [0.717, 1.165) is 71.5 Å². The van der Waals surface area contributed by atoms with E-state index in [2.05, 4.69) is 31.3 Å². The minimum Gasteiger partial charge on any atom is -0.368 e. The smallest absolute Gasteiger partial charge is 0.255 e. The molecule has 0 fully saturated rings. The predicted octanol–water partition coefficient (Wildman–Crippen LogP) is 4.98. The molecular formula is C32H29ClN6O2. The number of anilines is 2. The number of amidine groups is 2. The van der Waals surface area contributed by atoms with Crippen molar-refractivity contribution in [2.24, 2.45) is 9.98 Å². The van der Waals surface area contributed by atoms with Crippen LogP contribution >= 0.6 is 12.4 Å². The van der Waals surface area contributed by atoms with Gasteiger partial charge in [-0.2, -0.15) is 0 Å². The molecule has 206 valence electrons. The molecule has 8 nitrogen and oxygen atoms in total. The second-order valence-electron chi connectivity index (χ2n) is 9.53. The molecule has 0 radical (unpaired) electrons. The van der Waals surface area contributed by atoms with Gasteiger partial charge in [0, 0.05) is 46.7 Å². The summed E-state index contributed by atoms with van der Waals surface area (Å²) >= 11 is 0. The zero-order valence-corrected chi connectivity index (χ0v) is 23.0. The van der Waals surface area contributed by atoms with Crippen molar-refractivity contribution in [1.29, 1.82) is 0 Å². The minimum absolute atomic E-state index is 0. The van der Waals surface area contributed by atoms with Crippen molar-refractivity contribution in [3.63, 3.8) is 0 Å². The first-order valence-electron chi connectivity index (χ1n) is 13.2. The lowest BCUT2D eigenvalue weighted by molar-refractivity contribution is 0.101. The molecule has 4 N–H and O–H groups in total. The van der Waals surface area contributed by atoms with Crippen LogP contribution in [0.15, 0.2) is 107 Å². The summed E-state index contributed by atoms with van der Waals surface area (Å²) in [6.07, 6.45) is 0. The number of aliphatic imine (C=N–C) groups is 2. The summed E-state index contributed by atoms with van der Waals surface area (Å²) in [5.74, 6) is 1.42. The van der Waals surface area contributed by atoms with E-state index in [0.29, 0.717) is 11.1 Å². The number of hydrogen-bond acceptors (Lipinski definition) is 6. The molecule has 4 aromatic rings. The summed E-state index contributed by atoms with van der Waals surface area (Å²) in [5.41, 5.74) is 6.49. The van der Waals surface area contributed by atoms with E-state index in [1.165, 1.54) is 0 Å². The Hall–Kier alpha value is -4.95. The third-order valence-corrected chi connectivity index (χ3v) is 6.81. The molecule has 0 spiro atoms. The van der Waals surface area contributed by atoms with Gasteiger partial charge in [0.1, 0.15) is 11.7 Å². The average molecular weight is 565 g/mol. The molecule has 2 heterocycles. The predicted molar refractivity (Wildman–Crippen MR) is 167 cm³/mol. The number of rotatable bonds is 7. The van der Waals surface area contributed by atoms with Gasteiger partial charge in [0.05, 0.1) is 13.1 Å². The van der Waals surface area contributed by atoms with E-state index >= 15 is 0 Å². The summed E-state index contributed by atoms with van der Waals surface area (Å²) in [6.45, 7) is 3.28. The third kappa shape index (κ3) is 6.45. The maximum atomic E-state index is 12.8. The number of amides is 2. The highest BCUT2D eigenvalue weighted by Gasteiger charge is 2.12. The largest absolute Gasteiger partial charge is 0.368 e. The van der Waals surface area contributed by atoms with Crippen molar-refractivity contribution < 1.29 is 9.59 Å². The van der Waals surface area contributed by atoms with Crippen molar-refractivity contribution in [1.82, 2.24) is 10.6 Å². The van der Waals surface area contributed by atoms with E-state index in [4.69, 9.17) is 0 Å². The number of nitrogens with one attached hydrogen (secondary N) is 4. The highest BCUT2D eigenvalue weighted by molar-refractivity contribution is 6.06. The Morgan fingerprint density at radius 1 is 0.512 bits per heavy atom. The van der Waals surface area contributed by atoms with Crippen LogP contribution in [0.2, 0.25) is 0 Å². The van der Waals surface area contributed by atoms with Crippen LogP contribution in [-0.2, 0) is 0 Å². The first kappa shape index (κ1) is 27.6. The Bertz CT molecular complexity index is 1470. The Morgan fingerprint density at radius 3 is 1.17 bits per heavy atom. The molecule has 2 aliphatic heterocycles. The Kier molecular flexibility index (Phi) is 8.41. The topological polar surface area (TPSA) is 107 Å². The Morgan fingerprint density at radius 2 is 0.854 bits per heavy atom. The van der Waals surface area contributed by atoms with Gasteiger partial charge in [-0.15, -0.1) is 12.4 Å². The van der Waals surface area contributed by atoms with Gasteiger partial charge in [0.15, 0.2) is 0 Å². The SMILES string of the molecule is Cl.O=C(Nc1ccc(C2=NCCN2)cc1)c1ccc(-c2ccc(C(=O)Nc3ccc(C4=NCCN4)cc3)cc2)cc1. The number of nitrogens with zero attached hydrogens (tertiary/aromatic N) is 2. The zero-order chi connectivity index (χ0) is 27.3. The highest BCUT2D eigenvalue weighted by atomic mass is 35.5. The van der Waals surface area contributed by atoms with Crippen molar-refractivity contribution in [2.45, 2.75) is 0 Å². The molecule has 0 unspecified atom stereocenters. The van der Waals surface area contributed by atoms with Crippen molar-refractivity contribution in [3.8, 4) is 11.1 Å². The fourth-order valence-corrected chi connectivity index (χ4v) is 4.64. The van der Waals surface area contributed by atoms with Crippen LogP contribution < -0.4 is 21.3 Å². The number of hydrogen-bond donors (Lipinski definition) is 4. The van der Waals surface area contributed by atoms with Crippen LogP contribution in [0.1, 0.15) is 31.8 Å². The summed E-state index contributed by atoms with van der Waals surface area (Å²) in [6, 6.07) is 30.1. The highest BCUT2D eigenvalue weighted by Crippen LogP contribution is 2.22. The monoisotopic (exact) mass is 564 g/mol. The van der Waals surface area contributed by atoms with Gasteiger partial charge in [-0.3, -0.25) is 19.6 Å². The first-order valence-corrected chi connectivity index (χ1v) is 13.2. The fraction of sp³-hybridized carbons (Fsp3) is 0.125. The zero-order valence-electron chi connectivity index (χ0n) is 22.2. The van der Waals surface area contributed by atoms with E-state index in [-0.39, 0.29) is 24.2 Å². The molecule has 2 aliphatic rings. The number of carbonyl (C=O) groups is 2. The normalized spacial score (nSPS) is 13.7. The van der Waals surface area contributed by atoms with Crippen LogP contribution in [0.4, 0.5) is 11.4 Å². The van der Waals surface area contributed by atoms with Gasteiger partial charge in [-0.05, 0) is 83.9 Å². The van der Waals surface area contributed by atoms with Crippen LogP contribution in [0.5, 0.6) is 0 Å². The summed E-state index contributed by atoms with van der Waals surface area (Å²) < 4.78 is 0.